The first-order valence-electron chi connectivity index (χ1n) is 11.1. The highest BCUT2D eigenvalue weighted by molar-refractivity contribution is 5.84. The van der Waals surface area contributed by atoms with Gasteiger partial charge in [-0.3, -0.25) is 4.68 Å². The number of nitrogens with zero attached hydrogens (tertiary/aromatic N) is 6. The fourth-order valence-electron chi connectivity index (χ4n) is 4.39. The molecule has 38 heavy (non-hydrogen) atoms. The fraction of sp³-hybridized carbons (Fsp3) is 0.0800. The van der Waals surface area contributed by atoms with Crippen molar-refractivity contribution in [2.45, 2.75) is 12.7 Å². The van der Waals surface area contributed by atoms with Gasteiger partial charge in [0.1, 0.15) is 5.52 Å². The molecule has 0 aliphatic carbocycles. The van der Waals surface area contributed by atoms with Gasteiger partial charge in [-0.1, -0.05) is 11.3 Å². The van der Waals surface area contributed by atoms with Crippen LogP contribution in [0.4, 0.5) is 17.6 Å². The monoisotopic (exact) mass is 518 g/mol. The first-order valence-corrected chi connectivity index (χ1v) is 11.1. The van der Waals surface area contributed by atoms with Crippen LogP contribution in [0.1, 0.15) is 16.7 Å². The van der Waals surface area contributed by atoms with Crippen LogP contribution in [0.2, 0.25) is 0 Å². The molecule has 0 amide bonds. The van der Waals surface area contributed by atoms with Gasteiger partial charge in [-0.05, 0) is 54.1 Å². The standard InChI is InChI=1S/C25H14F4N8O/c26-18-8-15(9-22-23(18)34-35-37(22)16-3-4-19-20(10-16)33-24(38)32-19)21-5-6-31-36(21)12-14-2-1-13(11-30)7-17(14)25(27,28)29/h1-10H,12H2,(H2,32,33,38). The van der Waals surface area contributed by atoms with E-state index in [1.54, 1.807) is 36.4 Å². The van der Waals surface area contributed by atoms with Gasteiger partial charge >= 0.3 is 11.9 Å². The van der Waals surface area contributed by atoms with Crippen LogP contribution < -0.4 is 5.69 Å². The second-order valence-corrected chi connectivity index (χ2v) is 8.49. The minimum atomic E-state index is -4.68. The topological polar surface area (TPSA) is 121 Å². The zero-order chi connectivity index (χ0) is 26.6. The van der Waals surface area contributed by atoms with Gasteiger partial charge in [0, 0.05) is 11.8 Å². The molecule has 0 saturated heterocycles. The molecule has 13 heteroatoms. The third-order valence-electron chi connectivity index (χ3n) is 6.13. The minimum Gasteiger partial charge on any atom is -0.306 e. The molecule has 0 radical (unpaired) electrons. The number of nitrogens with one attached hydrogen (secondary N) is 2. The molecule has 0 atom stereocenters. The Hall–Kier alpha value is -5.25. The van der Waals surface area contributed by atoms with Crippen LogP contribution in [0.3, 0.4) is 0 Å². The Balaban J connectivity index is 1.44. The Kier molecular flexibility index (Phi) is 5.13. The average Bonchev–Trinajstić information content (AvgIpc) is 3.60. The summed E-state index contributed by atoms with van der Waals surface area (Å²) in [6.07, 6.45) is -3.27. The first-order chi connectivity index (χ1) is 18.2. The summed E-state index contributed by atoms with van der Waals surface area (Å²) >= 11 is 0. The highest BCUT2D eigenvalue weighted by Crippen LogP contribution is 2.34. The minimum absolute atomic E-state index is 0.00563. The number of fused-ring (bicyclic) bond motifs is 2. The van der Waals surface area contributed by atoms with Crippen molar-refractivity contribution < 1.29 is 17.6 Å². The second-order valence-electron chi connectivity index (χ2n) is 8.49. The maximum atomic E-state index is 15.1. The maximum Gasteiger partial charge on any atom is 0.416 e. The Bertz CT molecular complexity index is 1950. The predicted molar refractivity (Wildman–Crippen MR) is 128 cm³/mol. The highest BCUT2D eigenvalue weighted by atomic mass is 19.4. The second kappa shape index (κ2) is 8.41. The number of H-pyrrole nitrogens is 2. The lowest BCUT2D eigenvalue weighted by Gasteiger charge is -2.15. The molecule has 0 bridgehead atoms. The van der Waals surface area contributed by atoms with Crippen molar-refractivity contribution in [3.05, 3.63) is 93.8 Å². The summed E-state index contributed by atoms with van der Waals surface area (Å²) in [6.45, 7) is -0.266. The Labute approximate surface area is 209 Å². The summed E-state index contributed by atoms with van der Waals surface area (Å²) in [4.78, 5) is 16.9. The van der Waals surface area contributed by atoms with Gasteiger partial charge < -0.3 is 9.97 Å². The lowest BCUT2D eigenvalue weighted by atomic mass is 10.0. The van der Waals surface area contributed by atoms with E-state index in [0.717, 1.165) is 6.07 Å². The molecule has 0 spiro atoms. The number of rotatable bonds is 4. The molecule has 6 rings (SSSR count). The first kappa shape index (κ1) is 23.2. The summed E-state index contributed by atoms with van der Waals surface area (Å²) in [5.41, 5.74) is 1.09. The molecule has 0 fully saturated rings. The van der Waals surface area contributed by atoms with E-state index in [9.17, 15) is 18.0 Å². The SMILES string of the molecule is N#Cc1ccc(Cn2nccc2-c2cc(F)c3nnn(-c4ccc5[nH]c(=O)[nH]c5c4)c3c2)c(C(F)(F)F)c1. The van der Waals surface area contributed by atoms with Gasteiger partial charge in [-0.25, -0.2) is 13.9 Å². The largest absolute Gasteiger partial charge is 0.416 e. The smallest absolute Gasteiger partial charge is 0.306 e. The number of benzene rings is 3. The lowest BCUT2D eigenvalue weighted by Crippen LogP contribution is -2.13. The van der Waals surface area contributed by atoms with E-state index < -0.39 is 17.6 Å². The van der Waals surface area contributed by atoms with Crippen molar-refractivity contribution in [3.63, 3.8) is 0 Å². The third-order valence-corrected chi connectivity index (χ3v) is 6.13. The van der Waals surface area contributed by atoms with Crippen molar-refractivity contribution in [2.24, 2.45) is 0 Å². The van der Waals surface area contributed by atoms with Crippen LogP contribution in [0, 0.1) is 17.1 Å². The van der Waals surface area contributed by atoms with Crippen molar-refractivity contribution in [3.8, 4) is 23.0 Å². The molecule has 2 N–H and O–H groups in total. The average molecular weight is 518 g/mol. The van der Waals surface area contributed by atoms with Crippen molar-refractivity contribution in [2.75, 3.05) is 0 Å². The van der Waals surface area contributed by atoms with Crippen LogP contribution in [0.5, 0.6) is 0 Å². The lowest BCUT2D eigenvalue weighted by molar-refractivity contribution is -0.138. The molecule has 6 aromatic rings. The molecule has 3 aromatic carbocycles. The van der Waals surface area contributed by atoms with Crippen molar-refractivity contribution >= 4 is 22.1 Å². The van der Waals surface area contributed by atoms with E-state index in [0.29, 0.717) is 33.5 Å². The van der Waals surface area contributed by atoms with E-state index in [4.69, 9.17) is 5.26 Å². The molecule has 3 aromatic heterocycles. The highest BCUT2D eigenvalue weighted by Gasteiger charge is 2.34. The number of halogens is 4. The van der Waals surface area contributed by atoms with Crippen LogP contribution >= 0.6 is 0 Å². The van der Waals surface area contributed by atoms with Gasteiger partial charge in [0.15, 0.2) is 5.82 Å². The van der Waals surface area contributed by atoms with E-state index in [1.165, 1.54) is 33.8 Å². The van der Waals surface area contributed by atoms with Gasteiger partial charge in [0.2, 0.25) is 0 Å². The van der Waals surface area contributed by atoms with Crippen LogP contribution in [-0.4, -0.2) is 34.7 Å². The zero-order valence-corrected chi connectivity index (χ0v) is 19.1. The van der Waals surface area contributed by atoms with E-state index in [-0.39, 0.29) is 28.9 Å². The number of nitriles is 1. The number of aromatic amines is 2. The summed E-state index contributed by atoms with van der Waals surface area (Å²) < 4.78 is 58.9. The van der Waals surface area contributed by atoms with Gasteiger partial charge in [-0.2, -0.15) is 23.5 Å². The molecular weight excluding hydrogens is 504 g/mol. The van der Waals surface area contributed by atoms with Crippen LogP contribution in [0.15, 0.2) is 65.6 Å². The Morgan fingerprint density at radius 1 is 1.00 bits per heavy atom. The van der Waals surface area contributed by atoms with Gasteiger partial charge in [0.25, 0.3) is 0 Å². The summed E-state index contributed by atoms with van der Waals surface area (Å²) in [7, 11) is 0. The normalized spacial score (nSPS) is 11.9. The zero-order valence-electron chi connectivity index (χ0n) is 19.1. The quantitative estimate of drug-likeness (QED) is 0.332. The third kappa shape index (κ3) is 3.88. The molecule has 188 valence electrons. The van der Waals surface area contributed by atoms with Crippen molar-refractivity contribution in [1.82, 2.24) is 34.7 Å². The Morgan fingerprint density at radius 3 is 2.61 bits per heavy atom. The van der Waals surface area contributed by atoms with Crippen molar-refractivity contribution in [1.29, 1.82) is 5.26 Å². The van der Waals surface area contributed by atoms with E-state index in [1.807, 2.05) is 0 Å². The summed E-state index contributed by atoms with van der Waals surface area (Å²) in [6, 6.07) is 14.4. The predicted octanol–water partition coefficient (Wildman–Crippen LogP) is 4.53. The molecule has 0 unspecified atom stereocenters. The summed E-state index contributed by atoms with van der Waals surface area (Å²) in [5.74, 6) is -0.679. The number of alkyl halides is 3. The molecule has 0 aliphatic rings. The molecule has 0 saturated carbocycles. The number of hydrogen-bond acceptors (Lipinski definition) is 5. The van der Waals surface area contributed by atoms with Gasteiger partial charge in [0.05, 0.1) is 51.7 Å². The van der Waals surface area contributed by atoms with Crippen LogP contribution in [0.25, 0.3) is 39.0 Å². The number of aromatic nitrogens is 7. The number of imidazole rings is 1. The molecular formula is C25H14F4N8O. The fourth-order valence-corrected chi connectivity index (χ4v) is 4.39. The van der Waals surface area contributed by atoms with Crippen LogP contribution in [-0.2, 0) is 12.7 Å². The van der Waals surface area contributed by atoms with E-state index >= 15 is 4.39 Å². The molecule has 3 heterocycles. The summed E-state index contributed by atoms with van der Waals surface area (Å²) in [5, 5.41) is 21.2. The molecule has 9 nitrogen and oxygen atoms in total. The number of hydrogen-bond donors (Lipinski definition) is 2. The van der Waals surface area contributed by atoms with Gasteiger partial charge in [-0.15, -0.1) is 5.10 Å². The Morgan fingerprint density at radius 2 is 1.82 bits per heavy atom. The maximum absolute atomic E-state index is 15.1. The van der Waals surface area contributed by atoms with E-state index in [2.05, 4.69) is 25.4 Å². The molecule has 0 aliphatic heterocycles.